The highest BCUT2D eigenvalue weighted by atomic mass is 15.3. The van der Waals surface area contributed by atoms with Crippen LogP contribution < -0.4 is 0 Å². The minimum atomic E-state index is 1.03. The van der Waals surface area contributed by atoms with Crippen molar-refractivity contribution in [1.29, 1.82) is 0 Å². The van der Waals surface area contributed by atoms with Gasteiger partial charge >= 0.3 is 0 Å². The minimum Gasteiger partial charge on any atom is -0.198 e. The predicted molar refractivity (Wildman–Crippen MR) is 96.4 cm³/mol. The first-order chi connectivity index (χ1) is 11.0. The lowest BCUT2D eigenvalue weighted by molar-refractivity contribution is 0.940. The van der Waals surface area contributed by atoms with E-state index in [-0.39, 0.29) is 0 Å². The number of benzene rings is 1. The molecule has 0 bridgehead atoms. The number of rotatable bonds is 1. The number of aromatic nitrogens is 3. The molecule has 0 unspecified atom stereocenters. The fraction of sp³-hybridized carbons (Fsp3) is 0.263. The molecule has 0 saturated heterocycles. The van der Waals surface area contributed by atoms with Gasteiger partial charge in [-0.05, 0) is 17.6 Å². The third-order valence-electron chi connectivity index (χ3n) is 2.42. The molecule has 1 aliphatic rings. The van der Waals surface area contributed by atoms with Crippen LogP contribution >= 0.6 is 0 Å². The lowest BCUT2D eigenvalue weighted by Crippen LogP contribution is -1.77. The summed E-state index contributed by atoms with van der Waals surface area (Å²) in [6, 6.07) is 10.4. The van der Waals surface area contributed by atoms with Crippen molar-refractivity contribution >= 4 is 5.57 Å². The molecule has 0 amide bonds. The molecule has 3 heteroatoms. The van der Waals surface area contributed by atoms with Gasteiger partial charge in [0.1, 0.15) is 0 Å². The molecule has 118 valence electrons. The van der Waals surface area contributed by atoms with E-state index in [4.69, 9.17) is 0 Å². The van der Waals surface area contributed by atoms with E-state index < -0.39 is 0 Å². The fourth-order valence-corrected chi connectivity index (χ4v) is 1.57. The van der Waals surface area contributed by atoms with Crippen molar-refractivity contribution in [2.24, 2.45) is 0 Å². The second-order valence-electron chi connectivity index (χ2n) is 3.71. The summed E-state index contributed by atoms with van der Waals surface area (Å²) < 4.78 is 0. The quantitative estimate of drug-likeness (QED) is 0.761. The van der Waals surface area contributed by atoms with Gasteiger partial charge in [0, 0.05) is 0 Å². The van der Waals surface area contributed by atoms with Crippen LogP contribution in [0.15, 0.2) is 73.1 Å². The molecule has 1 aromatic carbocycles. The van der Waals surface area contributed by atoms with E-state index >= 15 is 0 Å². The van der Waals surface area contributed by atoms with Gasteiger partial charge in [-0.25, -0.2) is 0 Å². The van der Waals surface area contributed by atoms with Gasteiger partial charge in [0.15, 0.2) is 0 Å². The first-order valence-electron chi connectivity index (χ1n) is 7.85. The van der Waals surface area contributed by atoms with E-state index in [2.05, 4.69) is 70.1 Å². The Morgan fingerprint density at radius 1 is 0.864 bits per heavy atom. The molecule has 0 aliphatic heterocycles. The second-order valence-corrected chi connectivity index (χ2v) is 3.71. The number of hydrogen-bond donors (Lipinski definition) is 1. The number of nitrogens with one attached hydrogen (secondary N) is 1. The molecule has 0 radical (unpaired) electrons. The monoisotopic (exact) mass is 297 g/mol. The number of hydrogen-bond acceptors (Lipinski definition) is 2. The smallest absolute Gasteiger partial charge is 0.0690 e. The topological polar surface area (TPSA) is 41.6 Å². The zero-order valence-corrected chi connectivity index (χ0v) is 14.0. The normalized spacial score (nSPS) is 11.4. The molecule has 3 rings (SSSR count). The standard InChI is InChI=1S/C13H12.C2H3N3.2C2H6/c1-2-5-9-12(8-4-1)13-10-6-3-7-11-13;1-2-4-5-3-1;2*1-2/h1,3-11H,2H2;1-2H,(H,3,4,5);2*1-2H3. The summed E-state index contributed by atoms with van der Waals surface area (Å²) in [4.78, 5) is 0. The van der Waals surface area contributed by atoms with E-state index in [1.807, 2.05) is 33.8 Å². The zero-order chi connectivity index (χ0) is 16.5. The van der Waals surface area contributed by atoms with Crippen molar-refractivity contribution in [3.63, 3.8) is 0 Å². The van der Waals surface area contributed by atoms with E-state index in [9.17, 15) is 0 Å². The molecule has 0 atom stereocenters. The van der Waals surface area contributed by atoms with E-state index in [1.54, 1.807) is 12.4 Å². The SMILES string of the molecule is C1=CCC=CC(c2ccccc2)=C1.CC.CC.c1cn[nH]n1. The molecule has 0 fully saturated rings. The van der Waals surface area contributed by atoms with E-state index in [1.165, 1.54) is 11.1 Å². The molecular formula is C19H27N3. The van der Waals surface area contributed by atoms with Gasteiger partial charge in [-0.2, -0.15) is 15.4 Å². The van der Waals surface area contributed by atoms with E-state index in [0.29, 0.717) is 0 Å². The van der Waals surface area contributed by atoms with Gasteiger partial charge in [0.2, 0.25) is 0 Å². The average Bonchev–Trinajstić information content (AvgIpc) is 3.09. The Labute approximate surface area is 134 Å². The summed E-state index contributed by atoms with van der Waals surface area (Å²) in [7, 11) is 0. The van der Waals surface area contributed by atoms with E-state index in [0.717, 1.165) is 6.42 Å². The highest BCUT2D eigenvalue weighted by molar-refractivity contribution is 5.75. The third kappa shape index (κ3) is 8.69. The highest BCUT2D eigenvalue weighted by Gasteiger charge is 1.95. The molecule has 3 nitrogen and oxygen atoms in total. The van der Waals surface area contributed by atoms with Gasteiger partial charge in [0.05, 0.1) is 12.4 Å². The molecule has 2 aromatic rings. The fourth-order valence-electron chi connectivity index (χ4n) is 1.57. The minimum absolute atomic E-state index is 1.03. The van der Waals surface area contributed by atoms with Crippen molar-refractivity contribution in [1.82, 2.24) is 15.4 Å². The van der Waals surface area contributed by atoms with Crippen LogP contribution in [0.2, 0.25) is 0 Å². The van der Waals surface area contributed by atoms with Crippen LogP contribution in [0, 0.1) is 0 Å². The van der Waals surface area contributed by atoms with Crippen LogP contribution in [-0.2, 0) is 0 Å². The Balaban J connectivity index is 0.000000409. The number of nitrogens with zero attached hydrogens (tertiary/aromatic N) is 2. The Kier molecular flexibility index (Phi) is 13.3. The number of H-pyrrole nitrogens is 1. The summed E-state index contributed by atoms with van der Waals surface area (Å²) in [6.45, 7) is 8.00. The largest absolute Gasteiger partial charge is 0.198 e. The Hall–Kier alpha value is -2.42. The molecule has 22 heavy (non-hydrogen) atoms. The van der Waals surface area contributed by atoms with Crippen molar-refractivity contribution in [2.45, 2.75) is 34.1 Å². The first-order valence-corrected chi connectivity index (χ1v) is 7.85. The van der Waals surface area contributed by atoms with Gasteiger partial charge in [-0.15, -0.1) is 0 Å². The molecule has 1 aromatic heterocycles. The summed E-state index contributed by atoms with van der Waals surface area (Å²) in [5, 5.41) is 9.33. The van der Waals surface area contributed by atoms with Gasteiger partial charge in [-0.1, -0.05) is 88.4 Å². The highest BCUT2D eigenvalue weighted by Crippen LogP contribution is 2.17. The maximum atomic E-state index is 3.49. The number of allylic oxidation sites excluding steroid dienone is 6. The van der Waals surface area contributed by atoms with Crippen LogP contribution in [0.5, 0.6) is 0 Å². The Bertz CT molecular complexity index is 506. The molecule has 1 aliphatic carbocycles. The molecule has 1 heterocycles. The van der Waals surface area contributed by atoms with Crippen molar-refractivity contribution < 1.29 is 0 Å². The lowest BCUT2D eigenvalue weighted by Gasteiger charge is -1.99. The van der Waals surface area contributed by atoms with Crippen LogP contribution in [-0.4, -0.2) is 15.4 Å². The maximum Gasteiger partial charge on any atom is 0.0690 e. The Morgan fingerprint density at radius 3 is 2.05 bits per heavy atom. The van der Waals surface area contributed by atoms with Crippen molar-refractivity contribution in [3.05, 3.63) is 78.7 Å². The average molecular weight is 297 g/mol. The Morgan fingerprint density at radius 2 is 1.50 bits per heavy atom. The van der Waals surface area contributed by atoms with Gasteiger partial charge < -0.3 is 0 Å². The van der Waals surface area contributed by atoms with Gasteiger partial charge in [-0.3, -0.25) is 0 Å². The number of aromatic amines is 1. The molecule has 1 N–H and O–H groups in total. The van der Waals surface area contributed by atoms with Crippen LogP contribution in [0.1, 0.15) is 39.7 Å². The van der Waals surface area contributed by atoms with Crippen LogP contribution in [0.25, 0.3) is 5.57 Å². The zero-order valence-electron chi connectivity index (χ0n) is 14.0. The summed E-state index contributed by atoms with van der Waals surface area (Å²) in [5.41, 5.74) is 2.57. The summed E-state index contributed by atoms with van der Waals surface area (Å²) in [5.74, 6) is 0. The van der Waals surface area contributed by atoms with Crippen LogP contribution in [0.4, 0.5) is 0 Å². The molecule has 0 saturated carbocycles. The third-order valence-corrected chi connectivity index (χ3v) is 2.42. The maximum absolute atomic E-state index is 3.49. The second kappa shape index (κ2) is 15.0. The molecule has 0 spiro atoms. The van der Waals surface area contributed by atoms with Crippen molar-refractivity contribution in [2.75, 3.05) is 0 Å². The van der Waals surface area contributed by atoms with Crippen LogP contribution in [0.3, 0.4) is 0 Å². The summed E-state index contributed by atoms with van der Waals surface area (Å²) in [6.07, 6.45) is 15.0. The summed E-state index contributed by atoms with van der Waals surface area (Å²) >= 11 is 0. The first kappa shape index (κ1) is 19.6. The lowest BCUT2D eigenvalue weighted by atomic mass is 10.1. The molecular weight excluding hydrogens is 270 g/mol. The van der Waals surface area contributed by atoms with Gasteiger partial charge in [0.25, 0.3) is 0 Å². The van der Waals surface area contributed by atoms with Crippen molar-refractivity contribution in [3.8, 4) is 0 Å². The predicted octanol–water partition coefficient (Wildman–Crippen LogP) is 5.44.